The van der Waals surface area contributed by atoms with E-state index in [2.05, 4.69) is 10.3 Å². The Balaban J connectivity index is 1.25. The van der Waals surface area contributed by atoms with E-state index in [9.17, 15) is 9.59 Å². The first-order chi connectivity index (χ1) is 18.0. The van der Waals surface area contributed by atoms with E-state index in [0.29, 0.717) is 24.1 Å². The number of hydrogen-bond acceptors (Lipinski definition) is 5. The lowest BCUT2D eigenvalue weighted by atomic mass is 10.1. The lowest BCUT2D eigenvalue weighted by Gasteiger charge is -2.15. The average Bonchev–Trinajstić information content (AvgIpc) is 3.26. The number of fused-ring (bicyclic) bond motifs is 5. The average molecular weight is 492 g/mol. The largest absolute Gasteiger partial charge is 0.497 e. The molecule has 0 spiro atoms. The second-order valence-electron chi connectivity index (χ2n) is 9.07. The predicted molar refractivity (Wildman–Crippen MR) is 145 cm³/mol. The van der Waals surface area contributed by atoms with Crippen molar-refractivity contribution in [1.29, 1.82) is 0 Å². The molecular weight excluding hydrogens is 466 g/mol. The van der Waals surface area contributed by atoms with Gasteiger partial charge in [0.05, 0.1) is 23.7 Å². The molecule has 7 nitrogen and oxygen atoms in total. The molecule has 0 radical (unpaired) electrons. The first-order valence-electron chi connectivity index (χ1n) is 12.2. The van der Waals surface area contributed by atoms with Crippen molar-refractivity contribution in [2.45, 2.75) is 19.4 Å². The molecule has 6 aromatic rings. The molecule has 0 saturated heterocycles. The molecule has 0 unspecified atom stereocenters. The summed E-state index contributed by atoms with van der Waals surface area (Å²) in [4.78, 5) is 30.7. The fourth-order valence-electron chi connectivity index (χ4n) is 4.95. The van der Waals surface area contributed by atoms with Gasteiger partial charge in [-0.3, -0.25) is 19.0 Å². The number of rotatable bonds is 7. The van der Waals surface area contributed by atoms with Gasteiger partial charge >= 0.3 is 0 Å². The second-order valence-corrected chi connectivity index (χ2v) is 9.07. The van der Waals surface area contributed by atoms with Gasteiger partial charge in [0.25, 0.3) is 11.5 Å². The first kappa shape index (κ1) is 22.8. The number of ether oxygens (including phenoxy) is 2. The van der Waals surface area contributed by atoms with Crippen molar-refractivity contribution in [2.75, 3.05) is 13.7 Å². The van der Waals surface area contributed by atoms with Crippen LogP contribution >= 0.6 is 0 Å². The molecule has 0 aliphatic carbocycles. The number of aromatic nitrogens is 2. The standard InChI is InChI=1S/C30H25N3O4/c1-18(29(34)32-15-13-19-7-9-20(36-2)10-8-19)37-21-11-12-26-25(17-21)23-14-16-31-27-22-5-3-4-6-24(22)30(35)33(26)28(23)27/h3-12,14,16-18H,13,15H2,1-2H3,(H,32,34)/t18-/m1/s1. The Labute approximate surface area is 212 Å². The van der Waals surface area contributed by atoms with Crippen molar-refractivity contribution in [3.8, 4) is 11.5 Å². The molecule has 0 bridgehead atoms. The molecule has 1 amide bonds. The summed E-state index contributed by atoms with van der Waals surface area (Å²) >= 11 is 0. The molecular formula is C30H25N3O4. The van der Waals surface area contributed by atoms with Crippen LogP contribution in [0.2, 0.25) is 0 Å². The molecule has 6 rings (SSSR count). The van der Waals surface area contributed by atoms with Crippen LogP contribution in [0.1, 0.15) is 12.5 Å². The van der Waals surface area contributed by atoms with E-state index in [-0.39, 0.29) is 11.5 Å². The Morgan fingerprint density at radius 2 is 1.70 bits per heavy atom. The number of nitrogens with one attached hydrogen (secondary N) is 1. The number of carbonyl (C=O) groups excluding carboxylic acids is 1. The number of benzene rings is 3. The summed E-state index contributed by atoms with van der Waals surface area (Å²) in [6.45, 7) is 2.23. The molecule has 3 aromatic heterocycles. The quantitative estimate of drug-likeness (QED) is 0.327. The van der Waals surface area contributed by atoms with Crippen molar-refractivity contribution in [3.05, 3.63) is 94.9 Å². The summed E-state index contributed by atoms with van der Waals surface area (Å²) in [5.74, 6) is 1.18. The molecule has 37 heavy (non-hydrogen) atoms. The van der Waals surface area contributed by atoms with Gasteiger partial charge in [0.15, 0.2) is 6.10 Å². The summed E-state index contributed by atoms with van der Waals surface area (Å²) in [5, 5.41) is 6.21. The molecule has 0 saturated carbocycles. The topological polar surface area (TPSA) is 81.9 Å². The van der Waals surface area contributed by atoms with Crippen LogP contribution in [0.4, 0.5) is 0 Å². The van der Waals surface area contributed by atoms with Crippen LogP contribution in [-0.2, 0) is 11.2 Å². The number of amides is 1. The third kappa shape index (κ3) is 3.89. The maximum Gasteiger partial charge on any atom is 0.263 e. The normalized spacial score (nSPS) is 12.4. The van der Waals surface area contributed by atoms with Crippen molar-refractivity contribution in [2.24, 2.45) is 0 Å². The molecule has 0 aliphatic rings. The van der Waals surface area contributed by atoms with E-state index in [4.69, 9.17) is 9.47 Å². The zero-order valence-corrected chi connectivity index (χ0v) is 20.5. The van der Waals surface area contributed by atoms with Gasteiger partial charge in [0.2, 0.25) is 0 Å². The Hall–Kier alpha value is -4.65. The van der Waals surface area contributed by atoms with Gasteiger partial charge in [-0.2, -0.15) is 0 Å². The summed E-state index contributed by atoms with van der Waals surface area (Å²) < 4.78 is 12.9. The fourth-order valence-corrected chi connectivity index (χ4v) is 4.95. The third-order valence-electron chi connectivity index (χ3n) is 6.82. The Morgan fingerprint density at radius 1 is 0.946 bits per heavy atom. The number of pyridine rings is 2. The van der Waals surface area contributed by atoms with Crippen LogP contribution in [0.15, 0.2) is 83.8 Å². The molecule has 1 N–H and O–H groups in total. The molecule has 0 fully saturated rings. The maximum atomic E-state index is 13.4. The van der Waals surface area contributed by atoms with E-state index in [1.165, 1.54) is 0 Å². The van der Waals surface area contributed by atoms with Crippen molar-refractivity contribution >= 4 is 44.0 Å². The minimum atomic E-state index is -0.680. The van der Waals surface area contributed by atoms with Gasteiger partial charge in [-0.05, 0) is 61.4 Å². The summed E-state index contributed by atoms with van der Waals surface area (Å²) in [6.07, 6.45) is 1.79. The summed E-state index contributed by atoms with van der Waals surface area (Å²) in [5.41, 5.74) is 3.40. The van der Waals surface area contributed by atoms with Crippen molar-refractivity contribution < 1.29 is 14.3 Å². The Morgan fingerprint density at radius 3 is 2.49 bits per heavy atom. The first-order valence-corrected chi connectivity index (χ1v) is 12.2. The Bertz CT molecular complexity index is 1830. The zero-order valence-electron chi connectivity index (χ0n) is 20.5. The highest BCUT2D eigenvalue weighted by atomic mass is 16.5. The lowest BCUT2D eigenvalue weighted by molar-refractivity contribution is -0.127. The van der Waals surface area contributed by atoms with Gasteiger partial charge in [-0.25, -0.2) is 0 Å². The monoisotopic (exact) mass is 491 g/mol. The van der Waals surface area contributed by atoms with Gasteiger partial charge in [-0.1, -0.05) is 30.3 Å². The van der Waals surface area contributed by atoms with Gasteiger partial charge in [-0.15, -0.1) is 0 Å². The zero-order chi connectivity index (χ0) is 25.5. The van der Waals surface area contributed by atoms with E-state index in [1.54, 1.807) is 30.7 Å². The van der Waals surface area contributed by atoms with Crippen LogP contribution in [0.3, 0.4) is 0 Å². The SMILES string of the molecule is COc1ccc(CCNC(=O)[C@@H](C)Oc2ccc3c(c2)c2ccnc4c5ccccc5c(=O)n3c24)cc1. The molecule has 3 aromatic carbocycles. The van der Waals surface area contributed by atoms with Crippen LogP contribution < -0.4 is 20.3 Å². The number of nitrogens with zero attached hydrogens (tertiary/aromatic N) is 2. The maximum absolute atomic E-state index is 13.4. The fraction of sp³-hybridized carbons (Fsp3) is 0.167. The van der Waals surface area contributed by atoms with Crippen LogP contribution in [0.25, 0.3) is 38.1 Å². The van der Waals surface area contributed by atoms with Crippen LogP contribution in [0, 0.1) is 0 Å². The van der Waals surface area contributed by atoms with E-state index < -0.39 is 6.10 Å². The highest BCUT2D eigenvalue weighted by Gasteiger charge is 2.19. The number of hydrogen-bond donors (Lipinski definition) is 1. The van der Waals surface area contributed by atoms with Crippen LogP contribution in [-0.4, -0.2) is 35.1 Å². The van der Waals surface area contributed by atoms with Crippen molar-refractivity contribution in [3.63, 3.8) is 0 Å². The molecule has 0 aliphatic heterocycles. The minimum Gasteiger partial charge on any atom is -0.497 e. The second kappa shape index (κ2) is 9.09. The lowest BCUT2D eigenvalue weighted by Crippen LogP contribution is -2.37. The minimum absolute atomic E-state index is 0.0747. The molecule has 7 heteroatoms. The van der Waals surface area contributed by atoms with E-state index >= 15 is 0 Å². The van der Waals surface area contributed by atoms with E-state index in [1.807, 2.05) is 66.7 Å². The summed E-state index contributed by atoms with van der Waals surface area (Å²) in [7, 11) is 1.63. The van der Waals surface area contributed by atoms with Gasteiger partial charge in [0, 0.05) is 34.3 Å². The van der Waals surface area contributed by atoms with Crippen molar-refractivity contribution in [1.82, 2.24) is 14.7 Å². The summed E-state index contributed by atoms with van der Waals surface area (Å²) in [6, 6.07) is 22.8. The number of methoxy groups -OCH3 is 1. The predicted octanol–water partition coefficient (Wildman–Crippen LogP) is 4.73. The molecule has 3 heterocycles. The van der Waals surface area contributed by atoms with Gasteiger partial charge < -0.3 is 14.8 Å². The highest BCUT2D eigenvalue weighted by Crippen LogP contribution is 2.34. The third-order valence-corrected chi connectivity index (χ3v) is 6.82. The van der Waals surface area contributed by atoms with Gasteiger partial charge in [0.1, 0.15) is 11.5 Å². The van der Waals surface area contributed by atoms with Crippen LogP contribution in [0.5, 0.6) is 11.5 Å². The highest BCUT2D eigenvalue weighted by molar-refractivity contribution is 6.18. The molecule has 1 atom stereocenters. The number of carbonyl (C=O) groups is 1. The smallest absolute Gasteiger partial charge is 0.263 e. The van der Waals surface area contributed by atoms with E-state index in [0.717, 1.165) is 44.0 Å². The molecule has 184 valence electrons. The Kier molecular flexibility index (Phi) is 5.60.